The van der Waals surface area contributed by atoms with Gasteiger partial charge < -0.3 is 9.64 Å². The van der Waals surface area contributed by atoms with Gasteiger partial charge in [-0.25, -0.2) is 0 Å². The molecule has 0 N–H and O–H groups in total. The third-order valence-corrected chi connectivity index (χ3v) is 5.27. The fourth-order valence-corrected chi connectivity index (χ4v) is 3.92. The molecule has 0 atom stereocenters. The van der Waals surface area contributed by atoms with Crippen LogP contribution in [0.25, 0.3) is 11.4 Å². The van der Waals surface area contributed by atoms with Gasteiger partial charge in [0.05, 0.1) is 18.9 Å². The van der Waals surface area contributed by atoms with Crippen LogP contribution < -0.4 is 0 Å². The number of nitrogens with zero attached hydrogens (tertiary/aromatic N) is 4. The van der Waals surface area contributed by atoms with E-state index in [0.717, 1.165) is 11.4 Å². The minimum Gasteiger partial charge on any atom is -0.383 e. The quantitative estimate of drug-likeness (QED) is 0.585. The molecule has 1 heterocycles. The zero-order chi connectivity index (χ0) is 20.0. The van der Waals surface area contributed by atoms with E-state index in [2.05, 4.69) is 10.2 Å². The maximum absolute atomic E-state index is 12.6. The second-order valence-corrected chi connectivity index (χ2v) is 8.11. The van der Waals surface area contributed by atoms with E-state index in [1.54, 1.807) is 7.11 Å². The van der Waals surface area contributed by atoms with E-state index in [0.29, 0.717) is 29.1 Å². The molecule has 148 valence electrons. The highest BCUT2D eigenvalue weighted by Crippen LogP contribution is 2.25. The Morgan fingerprint density at radius 2 is 1.81 bits per heavy atom. The zero-order valence-corrected chi connectivity index (χ0v) is 18.0. The first-order chi connectivity index (χ1) is 12.8. The number of methoxy groups -OCH3 is 1. The van der Waals surface area contributed by atoms with Crippen LogP contribution in [0.4, 0.5) is 0 Å². The lowest BCUT2D eigenvalue weighted by Gasteiger charge is -2.30. The molecule has 2 aromatic rings. The summed E-state index contributed by atoms with van der Waals surface area (Å²) in [6, 6.07) is 7.80. The summed E-state index contributed by atoms with van der Waals surface area (Å²) >= 11 is 7.39. The van der Waals surface area contributed by atoms with Crippen molar-refractivity contribution in [2.24, 2.45) is 0 Å². The second kappa shape index (κ2) is 10.1. The minimum atomic E-state index is 0.0966. The molecule has 0 aliphatic heterocycles. The number of thioether (sulfide) groups is 1. The van der Waals surface area contributed by atoms with Crippen molar-refractivity contribution in [1.82, 2.24) is 19.7 Å². The summed E-state index contributed by atoms with van der Waals surface area (Å²) in [6.45, 7) is 9.26. The molecule has 0 radical (unpaired) electrons. The molecule has 8 heteroatoms. The number of amides is 1. The minimum absolute atomic E-state index is 0.0966. The van der Waals surface area contributed by atoms with Gasteiger partial charge in [-0.1, -0.05) is 23.4 Å². The van der Waals surface area contributed by atoms with Crippen LogP contribution in [0.15, 0.2) is 29.4 Å². The van der Waals surface area contributed by atoms with Gasteiger partial charge in [-0.2, -0.15) is 0 Å². The third-order valence-electron chi connectivity index (χ3n) is 4.06. The molecule has 2 rings (SSSR count). The molecule has 1 amide bonds. The van der Waals surface area contributed by atoms with Crippen molar-refractivity contribution in [1.29, 1.82) is 0 Å². The Kier molecular flexibility index (Phi) is 8.13. The molecule has 0 saturated carbocycles. The molecule has 0 fully saturated rings. The molecule has 0 aliphatic carbocycles. The third kappa shape index (κ3) is 5.70. The number of ether oxygens (including phenoxy) is 1. The summed E-state index contributed by atoms with van der Waals surface area (Å²) in [6.07, 6.45) is 0. The number of hydrogen-bond acceptors (Lipinski definition) is 5. The number of benzene rings is 1. The van der Waals surface area contributed by atoms with Crippen molar-refractivity contribution in [2.45, 2.75) is 51.5 Å². The number of aromatic nitrogens is 3. The van der Waals surface area contributed by atoms with E-state index in [9.17, 15) is 4.79 Å². The maximum atomic E-state index is 12.6. The largest absolute Gasteiger partial charge is 0.383 e. The zero-order valence-electron chi connectivity index (χ0n) is 16.5. The molecule has 6 nitrogen and oxygen atoms in total. The Hall–Kier alpha value is -1.57. The molecule has 0 unspecified atom stereocenters. The molecule has 0 aliphatic rings. The lowest BCUT2D eigenvalue weighted by atomic mass is 10.2. The van der Waals surface area contributed by atoms with Crippen molar-refractivity contribution < 1.29 is 9.53 Å². The topological polar surface area (TPSA) is 60.2 Å². The standard InChI is InChI=1S/C19H27ClN4O2S/c1-13(2)24(14(3)4)17(25)12-27-19-22-21-18(23(19)10-11-26-5)15-6-8-16(20)9-7-15/h6-9,13-14H,10-12H2,1-5H3. The van der Waals surface area contributed by atoms with Crippen molar-refractivity contribution in [2.75, 3.05) is 19.5 Å². The second-order valence-electron chi connectivity index (χ2n) is 6.73. The van der Waals surface area contributed by atoms with Gasteiger partial charge >= 0.3 is 0 Å². The van der Waals surface area contributed by atoms with Crippen LogP contribution in [0.3, 0.4) is 0 Å². The summed E-state index contributed by atoms with van der Waals surface area (Å²) in [4.78, 5) is 14.5. The van der Waals surface area contributed by atoms with Gasteiger partial charge in [-0.15, -0.1) is 10.2 Å². The number of carbonyl (C=O) groups is 1. The predicted octanol–water partition coefficient (Wildman–Crippen LogP) is 3.98. The first kappa shape index (κ1) is 21.7. The normalized spacial score (nSPS) is 11.4. The number of halogens is 1. The monoisotopic (exact) mass is 410 g/mol. The van der Waals surface area contributed by atoms with Gasteiger partial charge in [-0.05, 0) is 52.0 Å². The molecule has 0 spiro atoms. The fourth-order valence-electron chi connectivity index (χ4n) is 2.97. The summed E-state index contributed by atoms with van der Waals surface area (Å²) in [5, 5.41) is 10.0. The van der Waals surface area contributed by atoms with Crippen molar-refractivity contribution in [3.63, 3.8) is 0 Å². The van der Waals surface area contributed by atoms with Crippen LogP contribution in [0.1, 0.15) is 27.7 Å². The molecule has 0 bridgehead atoms. The lowest BCUT2D eigenvalue weighted by molar-refractivity contribution is -0.131. The molecule has 1 aromatic carbocycles. The molecular weight excluding hydrogens is 384 g/mol. The Bertz CT molecular complexity index is 739. The van der Waals surface area contributed by atoms with E-state index in [4.69, 9.17) is 16.3 Å². The van der Waals surface area contributed by atoms with E-state index in [1.807, 2.05) is 61.4 Å². The van der Waals surface area contributed by atoms with Gasteiger partial charge in [0.2, 0.25) is 5.91 Å². The highest BCUT2D eigenvalue weighted by Gasteiger charge is 2.22. The maximum Gasteiger partial charge on any atom is 0.233 e. The summed E-state index contributed by atoms with van der Waals surface area (Å²) in [5.74, 6) is 1.16. The summed E-state index contributed by atoms with van der Waals surface area (Å²) in [5.41, 5.74) is 0.923. The number of rotatable bonds is 9. The Morgan fingerprint density at radius 3 is 2.37 bits per heavy atom. The van der Waals surface area contributed by atoms with E-state index in [1.165, 1.54) is 11.8 Å². The van der Waals surface area contributed by atoms with Crippen molar-refractivity contribution in [3.05, 3.63) is 29.3 Å². The van der Waals surface area contributed by atoms with Gasteiger partial charge in [0.15, 0.2) is 11.0 Å². The molecule has 27 heavy (non-hydrogen) atoms. The van der Waals surface area contributed by atoms with E-state index in [-0.39, 0.29) is 18.0 Å². The van der Waals surface area contributed by atoms with Crippen LogP contribution in [-0.2, 0) is 16.1 Å². The fraction of sp³-hybridized carbons (Fsp3) is 0.526. The SMILES string of the molecule is COCCn1c(SCC(=O)N(C(C)C)C(C)C)nnc1-c1ccc(Cl)cc1. The van der Waals surface area contributed by atoms with E-state index >= 15 is 0 Å². The molecule has 1 aromatic heterocycles. The van der Waals surface area contributed by atoms with Crippen LogP contribution in [0.2, 0.25) is 5.02 Å². The average Bonchev–Trinajstić information content (AvgIpc) is 3.01. The predicted molar refractivity (Wildman–Crippen MR) is 110 cm³/mol. The van der Waals surface area contributed by atoms with Crippen LogP contribution in [-0.4, -0.2) is 57.1 Å². The average molecular weight is 411 g/mol. The number of carbonyl (C=O) groups excluding carboxylic acids is 1. The van der Waals surface area contributed by atoms with Gasteiger partial charge in [0.1, 0.15) is 0 Å². The first-order valence-electron chi connectivity index (χ1n) is 8.97. The number of hydrogen-bond donors (Lipinski definition) is 0. The van der Waals surface area contributed by atoms with Crippen LogP contribution in [0.5, 0.6) is 0 Å². The van der Waals surface area contributed by atoms with Crippen LogP contribution in [0, 0.1) is 0 Å². The Labute approximate surface area is 170 Å². The highest BCUT2D eigenvalue weighted by atomic mass is 35.5. The smallest absolute Gasteiger partial charge is 0.233 e. The summed E-state index contributed by atoms with van der Waals surface area (Å²) in [7, 11) is 1.66. The Morgan fingerprint density at radius 1 is 1.19 bits per heavy atom. The van der Waals surface area contributed by atoms with Gasteiger partial charge in [0, 0.05) is 29.8 Å². The molecule has 0 saturated heterocycles. The van der Waals surface area contributed by atoms with Crippen molar-refractivity contribution in [3.8, 4) is 11.4 Å². The van der Waals surface area contributed by atoms with Gasteiger partial charge in [-0.3, -0.25) is 9.36 Å². The summed E-state index contributed by atoms with van der Waals surface area (Å²) < 4.78 is 7.21. The lowest BCUT2D eigenvalue weighted by Crippen LogP contribution is -2.43. The Balaban J connectivity index is 2.21. The van der Waals surface area contributed by atoms with Crippen molar-refractivity contribution >= 4 is 29.3 Å². The van der Waals surface area contributed by atoms with Crippen LogP contribution >= 0.6 is 23.4 Å². The van der Waals surface area contributed by atoms with E-state index < -0.39 is 0 Å². The highest BCUT2D eigenvalue weighted by molar-refractivity contribution is 7.99. The first-order valence-corrected chi connectivity index (χ1v) is 10.3. The van der Waals surface area contributed by atoms with Gasteiger partial charge in [0.25, 0.3) is 0 Å². The molecular formula is C19H27ClN4O2S.